The van der Waals surface area contributed by atoms with Crippen LogP contribution < -0.4 is 15.2 Å². The third-order valence-corrected chi connectivity index (χ3v) is 6.74. The fraction of sp³-hybridized carbons (Fsp3) is 0.321. The highest BCUT2D eigenvalue weighted by molar-refractivity contribution is 5.99. The van der Waals surface area contributed by atoms with Crippen LogP contribution in [0, 0.1) is 27.7 Å². The van der Waals surface area contributed by atoms with Gasteiger partial charge in [-0.15, -0.1) is 5.10 Å². The average molecular weight is 515 g/mol. The monoisotopic (exact) mass is 514 g/mol. The Balaban J connectivity index is 1.65. The predicted molar refractivity (Wildman–Crippen MR) is 144 cm³/mol. The summed E-state index contributed by atoms with van der Waals surface area (Å²) in [7, 11) is 3.07. The highest BCUT2D eigenvalue weighted by Gasteiger charge is 2.21. The molecule has 0 spiro atoms. The molecule has 2 aromatic carbocycles. The third-order valence-electron chi connectivity index (χ3n) is 6.74. The normalized spacial score (nSPS) is 11.4. The number of hydrogen-bond donors (Lipinski definition) is 0. The molecular weight excluding hydrogens is 484 g/mol. The molecular formula is C28H30N6O4. The van der Waals surface area contributed by atoms with Gasteiger partial charge in [-0.2, -0.15) is 9.61 Å². The van der Waals surface area contributed by atoms with E-state index in [4.69, 9.17) is 14.5 Å². The summed E-state index contributed by atoms with van der Waals surface area (Å²) in [5.74, 6) is 1.26. The molecule has 0 aliphatic carbocycles. The third kappa shape index (κ3) is 4.42. The molecule has 0 atom stereocenters. The smallest absolute Gasteiger partial charge is 0.351 e. The molecule has 0 fully saturated rings. The first-order valence-corrected chi connectivity index (χ1v) is 12.4. The van der Waals surface area contributed by atoms with Crippen LogP contribution in [-0.4, -0.2) is 48.9 Å². The number of rotatable bonds is 8. The van der Waals surface area contributed by atoms with Crippen molar-refractivity contribution >= 4 is 22.3 Å². The number of carbonyl (C=O) groups excluding carboxylic acids is 1. The zero-order valence-corrected chi connectivity index (χ0v) is 22.4. The molecule has 0 N–H and O–H groups in total. The van der Waals surface area contributed by atoms with E-state index in [0.717, 1.165) is 22.5 Å². The lowest BCUT2D eigenvalue weighted by molar-refractivity contribution is 0.0971. The number of aryl methyl sites for hydroxylation is 6. The molecule has 0 bridgehead atoms. The molecule has 0 saturated carbocycles. The maximum atomic E-state index is 13.7. The molecule has 10 heteroatoms. The van der Waals surface area contributed by atoms with Crippen LogP contribution in [0.25, 0.3) is 16.6 Å². The first-order valence-electron chi connectivity index (χ1n) is 12.4. The summed E-state index contributed by atoms with van der Waals surface area (Å²) in [6.07, 6.45) is 0.485. The fourth-order valence-electron chi connectivity index (χ4n) is 4.78. The Bertz CT molecular complexity index is 1760. The Kier molecular flexibility index (Phi) is 6.48. The zero-order valence-electron chi connectivity index (χ0n) is 22.4. The van der Waals surface area contributed by atoms with Gasteiger partial charge < -0.3 is 9.47 Å². The van der Waals surface area contributed by atoms with Gasteiger partial charge in [0.05, 0.1) is 32.0 Å². The maximum absolute atomic E-state index is 13.7. The summed E-state index contributed by atoms with van der Waals surface area (Å²) in [4.78, 5) is 31.9. The van der Waals surface area contributed by atoms with Crippen LogP contribution in [0.5, 0.6) is 11.5 Å². The van der Waals surface area contributed by atoms with Crippen molar-refractivity contribution in [3.8, 4) is 11.5 Å². The predicted octanol–water partition coefficient (Wildman–Crippen LogP) is 3.62. The number of aromatic nitrogens is 6. The Morgan fingerprint density at radius 1 is 0.947 bits per heavy atom. The number of Topliss-reactive ketones (excluding diaryl/α,β-unsaturated/α-hetero) is 1. The van der Waals surface area contributed by atoms with Crippen molar-refractivity contribution in [1.82, 2.24) is 28.9 Å². The van der Waals surface area contributed by atoms with Gasteiger partial charge in [0.25, 0.3) is 0 Å². The van der Waals surface area contributed by atoms with Gasteiger partial charge in [-0.25, -0.2) is 9.78 Å². The molecule has 0 radical (unpaired) electrons. The zero-order chi connectivity index (χ0) is 27.1. The van der Waals surface area contributed by atoms with Crippen molar-refractivity contribution in [3.63, 3.8) is 0 Å². The topological polar surface area (TPSA) is 106 Å². The molecule has 3 aromatic heterocycles. The van der Waals surface area contributed by atoms with E-state index in [1.165, 1.54) is 16.2 Å². The van der Waals surface area contributed by atoms with Gasteiger partial charge in [-0.1, -0.05) is 17.7 Å². The number of methoxy groups -OCH3 is 2. The van der Waals surface area contributed by atoms with E-state index in [0.29, 0.717) is 52.4 Å². The van der Waals surface area contributed by atoms with Crippen LogP contribution in [0.15, 0.2) is 41.2 Å². The first kappa shape index (κ1) is 25.2. The van der Waals surface area contributed by atoms with E-state index < -0.39 is 5.69 Å². The molecule has 0 aliphatic heterocycles. The van der Waals surface area contributed by atoms with Crippen molar-refractivity contribution in [1.29, 1.82) is 0 Å². The summed E-state index contributed by atoms with van der Waals surface area (Å²) in [6.45, 7) is 8.18. The largest absolute Gasteiger partial charge is 0.493 e. The van der Waals surface area contributed by atoms with Crippen molar-refractivity contribution in [2.75, 3.05) is 14.2 Å². The second kappa shape index (κ2) is 9.77. The van der Waals surface area contributed by atoms with E-state index >= 15 is 0 Å². The Morgan fingerprint density at radius 2 is 1.68 bits per heavy atom. The molecule has 10 nitrogen and oxygen atoms in total. The van der Waals surface area contributed by atoms with Crippen LogP contribution in [0.4, 0.5) is 0 Å². The molecule has 0 aliphatic rings. The Labute approximate surface area is 219 Å². The van der Waals surface area contributed by atoms with Crippen LogP contribution in [-0.2, 0) is 19.5 Å². The van der Waals surface area contributed by atoms with Gasteiger partial charge in [0, 0.05) is 35.7 Å². The van der Waals surface area contributed by atoms with Crippen LogP contribution in [0.1, 0.15) is 38.7 Å². The van der Waals surface area contributed by atoms with E-state index in [9.17, 15) is 9.59 Å². The lowest BCUT2D eigenvalue weighted by Gasteiger charge is -2.14. The fourth-order valence-corrected chi connectivity index (χ4v) is 4.78. The van der Waals surface area contributed by atoms with Crippen molar-refractivity contribution in [3.05, 3.63) is 80.8 Å². The lowest BCUT2D eigenvalue weighted by atomic mass is 10.0. The van der Waals surface area contributed by atoms with Gasteiger partial charge in [0.2, 0.25) is 0 Å². The first-order chi connectivity index (χ1) is 18.2. The van der Waals surface area contributed by atoms with Gasteiger partial charge in [-0.3, -0.25) is 14.0 Å². The maximum Gasteiger partial charge on any atom is 0.351 e. The molecule has 38 heavy (non-hydrogen) atoms. The summed E-state index contributed by atoms with van der Waals surface area (Å²) in [5.41, 5.74) is 4.83. The second-order valence-electron chi connectivity index (χ2n) is 9.50. The van der Waals surface area contributed by atoms with Gasteiger partial charge in [-0.05, 0) is 51.5 Å². The highest BCUT2D eigenvalue weighted by Crippen LogP contribution is 2.33. The molecule has 0 saturated heterocycles. The molecule has 3 heterocycles. The van der Waals surface area contributed by atoms with Crippen LogP contribution in [0.3, 0.4) is 0 Å². The van der Waals surface area contributed by atoms with E-state index in [2.05, 4.69) is 10.2 Å². The number of ether oxygens (including phenoxy) is 2. The summed E-state index contributed by atoms with van der Waals surface area (Å²) in [6, 6.07) is 11.2. The number of hydrogen-bond acceptors (Lipinski definition) is 7. The standard InChI is InChI=1S/C28H30N6O4/c1-16-7-8-17(2)20(11-16)23(35)15-32-22-14-25(38-6)24(37-5)13-21(22)27-29-26(31-34(27)28(32)36)9-10-33-19(4)12-18(3)30-33/h7-8,11-14H,9-10,15H2,1-6H3. The van der Waals surface area contributed by atoms with Crippen molar-refractivity contribution in [2.24, 2.45) is 0 Å². The van der Waals surface area contributed by atoms with Gasteiger partial charge in [0.1, 0.15) is 0 Å². The number of benzene rings is 2. The molecule has 0 amide bonds. The molecule has 196 valence electrons. The molecule has 5 aromatic rings. The number of ketones is 1. The quantitative estimate of drug-likeness (QED) is 0.291. The van der Waals surface area contributed by atoms with E-state index in [1.54, 1.807) is 19.2 Å². The summed E-state index contributed by atoms with van der Waals surface area (Å²) in [5, 5.41) is 9.66. The van der Waals surface area contributed by atoms with Crippen molar-refractivity contribution < 1.29 is 14.3 Å². The number of carbonyl (C=O) groups is 1. The lowest BCUT2D eigenvalue weighted by Crippen LogP contribution is -2.31. The highest BCUT2D eigenvalue weighted by atomic mass is 16.5. The van der Waals surface area contributed by atoms with Crippen LogP contribution in [0.2, 0.25) is 0 Å². The Morgan fingerprint density at radius 3 is 2.37 bits per heavy atom. The summed E-state index contributed by atoms with van der Waals surface area (Å²) >= 11 is 0. The number of fused-ring (bicyclic) bond motifs is 3. The number of nitrogens with zero attached hydrogens (tertiary/aromatic N) is 6. The van der Waals surface area contributed by atoms with Crippen LogP contribution >= 0.6 is 0 Å². The average Bonchev–Trinajstić information content (AvgIpc) is 3.47. The van der Waals surface area contributed by atoms with E-state index in [-0.39, 0.29) is 12.3 Å². The molecule has 0 unspecified atom stereocenters. The molecule has 5 rings (SSSR count). The minimum Gasteiger partial charge on any atom is -0.493 e. The minimum absolute atomic E-state index is 0.161. The summed E-state index contributed by atoms with van der Waals surface area (Å²) < 4.78 is 15.6. The minimum atomic E-state index is -0.455. The van der Waals surface area contributed by atoms with Gasteiger partial charge in [0.15, 0.2) is 28.8 Å². The Hall–Kier alpha value is -4.47. The van der Waals surface area contributed by atoms with E-state index in [1.807, 2.05) is 56.6 Å². The van der Waals surface area contributed by atoms with Gasteiger partial charge >= 0.3 is 5.69 Å². The second-order valence-corrected chi connectivity index (χ2v) is 9.50. The SMILES string of the molecule is COc1cc2c(cc1OC)n(CC(=O)c1cc(C)ccc1C)c(=O)n1nc(CCn3nc(C)cc3C)nc21. The van der Waals surface area contributed by atoms with Crippen molar-refractivity contribution in [2.45, 2.75) is 47.2 Å².